The number of amides is 1. The molecule has 1 rings (SSSR count). The Balaban J connectivity index is 2.45. The van der Waals surface area contributed by atoms with E-state index in [4.69, 9.17) is 5.73 Å². The van der Waals surface area contributed by atoms with Crippen molar-refractivity contribution < 1.29 is 4.79 Å². The SMILES string of the molecule is CC(C)CN(C(=O)CCCCN)C1CCCC1. The quantitative estimate of drug-likeness (QED) is 0.695. The highest BCUT2D eigenvalue weighted by molar-refractivity contribution is 5.76. The van der Waals surface area contributed by atoms with Gasteiger partial charge in [-0.25, -0.2) is 0 Å². The lowest BCUT2D eigenvalue weighted by Crippen LogP contribution is -2.41. The number of nitrogens with zero attached hydrogens (tertiary/aromatic N) is 1. The van der Waals surface area contributed by atoms with Crippen LogP contribution in [0, 0.1) is 5.92 Å². The van der Waals surface area contributed by atoms with E-state index in [-0.39, 0.29) is 0 Å². The van der Waals surface area contributed by atoms with Crippen molar-refractivity contribution in [2.45, 2.75) is 64.8 Å². The van der Waals surface area contributed by atoms with Crippen molar-refractivity contribution in [3.05, 3.63) is 0 Å². The van der Waals surface area contributed by atoms with Gasteiger partial charge < -0.3 is 10.6 Å². The molecule has 0 spiro atoms. The minimum atomic E-state index is 0.346. The average Bonchev–Trinajstić information content (AvgIpc) is 2.79. The molecule has 0 aromatic rings. The normalized spacial score (nSPS) is 16.7. The van der Waals surface area contributed by atoms with Gasteiger partial charge in [-0.15, -0.1) is 0 Å². The summed E-state index contributed by atoms with van der Waals surface area (Å²) in [5.41, 5.74) is 5.47. The molecule has 100 valence electrons. The summed E-state index contributed by atoms with van der Waals surface area (Å²) >= 11 is 0. The molecule has 0 heterocycles. The van der Waals surface area contributed by atoms with Gasteiger partial charge in [-0.3, -0.25) is 4.79 Å². The molecule has 0 aliphatic heterocycles. The third kappa shape index (κ3) is 5.07. The van der Waals surface area contributed by atoms with Gasteiger partial charge >= 0.3 is 0 Å². The maximum atomic E-state index is 12.2. The van der Waals surface area contributed by atoms with Crippen LogP contribution < -0.4 is 5.73 Å². The molecule has 1 amide bonds. The Morgan fingerprint density at radius 3 is 2.47 bits per heavy atom. The topological polar surface area (TPSA) is 46.3 Å². The van der Waals surface area contributed by atoms with Crippen LogP contribution in [0.1, 0.15) is 58.8 Å². The van der Waals surface area contributed by atoms with E-state index in [1.807, 2.05) is 0 Å². The van der Waals surface area contributed by atoms with Crippen molar-refractivity contribution in [2.75, 3.05) is 13.1 Å². The fourth-order valence-corrected chi connectivity index (χ4v) is 2.63. The van der Waals surface area contributed by atoms with E-state index < -0.39 is 0 Å². The van der Waals surface area contributed by atoms with E-state index in [1.54, 1.807) is 0 Å². The van der Waals surface area contributed by atoms with Crippen LogP contribution in [0.3, 0.4) is 0 Å². The second kappa shape index (κ2) is 7.70. The number of rotatable bonds is 7. The van der Waals surface area contributed by atoms with Gasteiger partial charge in [0.1, 0.15) is 0 Å². The first-order valence-corrected chi connectivity index (χ1v) is 7.14. The van der Waals surface area contributed by atoms with E-state index in [2.05, 4.69) is 18.7 Å². The highest BCUT2D eigenvalue weighted by Gasteiger charge is 2.26. The summed E-state index contributed by atoms with van der Waals surface area (Å²) in [4.78, 5) is 14.4. The molecule has 17 heavy (non-hydrogen) atoms. The van der Waals surface area contributed by atoms with Crippen LogP contribution in [0.15, 0.2) is 0 Å². The van der Waals surface area contributed by atoms with Gasteiger partial charge in [0, 0.05) is 19.0 Å². The smallest absolute Gasteiger partial charge is 0.222 e. The number of hydrogen-bond acceptors (Lipinski definition) is 2. The van der Waals surface area contributed by atoms with E-state index >= 15 is 0 Å². The molecule has 1 aliphatic rings. The van der Waals surface area contributed by atoms with E-state index in [0.717, 1.165) is 19.4 Å². The number of carbonyl (C=O) groups is 1. The van der Waals surface area contributed by atoms with E-state index in [9.17, 15) is 4.79 Å². The first-order chi connectivity index (χ1) is 8.15. The molecular formula is C14H28N2O. The van der Waals surface area contributed by atoms with E-state index in [1.165, 1.54) is 25.7 Å². The minimum absolute atomic E-state index is 0.346. The maximum absolute atomic E-state index is 12.2. The van der Waals surface area contributed by atoms with Gasteiger partial charge in [-0.2, -0.15) is 0 Å². The van der Waals surface area contributed by atoms with Crippen molar-refractivity contribution in [1.82, 2.24) is 4.90 Å². The molecule has 3 heteroatoms. The standard InChI is InChI=1S/C14H28N2O/c1-12(2)11-16(13-7-3-4-8-13)14(17)9-5-6-10-15/h12-13H,3-11,15H2,1-2H3. The van der Waals surface area contributed by atoms with Crippen LogP contribution in [0.2, 0.25) is 0 Å². The molecule has 0 unspecified atom stereocenters. The van der Waals surface area contributed by atoms with E-state index in [0.29, 0.717) is 30.8 Å². The van der Waals surface area contributed by atoms with Gasteiger partial charge in [0.25, 0.3) is 0 Å². The predicted molar refractivity (Wildman–Crippen MR) is 71.7 cm³/mol. The zero-order valence-electron chi connectivity index (χ0n) is 11.5. The van der Waals surface area contributed by atoms with Crippen LogP contribution in [0.5, 0.6) is 0 Å². The van der Waals surface area contributed by atoms with Crippen LogP contribution >= 0.6 is 0 Å². The third-order valence-electron chi connectivity index (χ3n) is 3.49. The molecule has 0 bridgehead atoms. The number of carbonyl (C=O) groups excluding carboxylic acids is 1. The summed E-state index contributed by atoms with van der Waals surface area (Å²) in [6.07, 6.45) is 7.57. The predicted octanol–water partition coefficient (Wildman–Crippen LogP) is 2.54. The van der Waals surface area contributed by atoms with Crippen LogP contribution in [-0.2, 0) is 4.79 Å². The molecule has 0 aromatic heterocycles. The molecule has 0 saturated heterocycles. The number of nitrogens with two attached hydrogens (primary N) is 1. The zero-order valence-corrected chi connectivity index (χ0v) is 11.5. The molecule has 2 N–H and O–H groups in total. The second-order valence-corrected chi connectivity index (χ2v) is 5.62. The summed E-state index contributed by atoms with van der Waals surface area (Å²) in [5.74, 6) is 0.910. The molecule has 3 nitrogen and oxygen atoms in total. The van der Waals surface area contributed by atoms with Gasteiger partial charge in [0.05, 0.1) is 0 Å². The summed E-state index contributed by atoms with van der Waals surface area (Å²) in [7, 11) is 0. The first-order valence-electron chi connectivity index (χ1n) is 7.14. The van der Waals surface area contributed by atoms with Crippen molar-refractivity contribution in [3.8, 4) is 0 Å². The largest absolute Gasteiger partial charge is 0.339 e. The van der Waals surface area contributed by atoms with Crippen LogP contribution in [0.4, 0.5) is 0 Å². The van der Waals surface area contributed by atoms with Gasteiger partial charge in [0.15, 0.2) is 0 Å². The Morgan fingerprint density at radius 1 is 1.29 bits per heavy atom. The van der Waals surface area contributed by atoms with Crippen LogP contribution in [-0.4, -0.2) is 29.9 Å². The van der Waals surface area contributed by atoms with Gasteiger partial charge in [-0.05, 0) is 38.1 Å². The highest BCUT2D eigenvalue weighted by Crippen LogP contribution is 2.25. The highest BCUT2D eigenvalue weighted by atomic mass is 16.2. The maximum Gasteiger partial charge on any atom is 0.222 e. The molecule has 1 aliphatic carbocycles. The summed E-state index contributed by atoms with van der Waals surface area (Å²) < 4.78 is 0. The lowest BCUT2D eigenvalue weighted by Gasteiger charge is -2.30. The molecular weight excluding hydrogens is 212 g/mol. The third-order valence-corrected chi connectivity index (χ3v) is 3.49. The Morgan fingerprint density at radius 2 is 1.94 bits per heavy atom. The zero-order chi connectivity index (χ0) is 12.7. The lowest BCUT2D eigenvalue weighted by molar-refractivity contribution is -0.134. The summed E-state index contributed by atoms with van der Waals surface area (Å²) in [6, 6.07) is 0.516. The Bertz CT molecular complexity index is 222. The Kier molecular flexibility index (Phi) is 6.56. The lowest BCUT2D eigenvalue weighted by atomic mass is 10.1. The molecule has 0 radical (unpaired) electrons. The Hall–Kier alpha value is -0.570. The fraction of sp³-hybridized carbons (Fsp3) is 0.929. The van der Waals surface area contributed by atoms with Crippen molar-refractivity contribution in [3.63, 3.8) is 0 Å². The number of unbranched alkanes of at least 4 members (excludes halogenated alkanes) is 1. The monoisotopic (exact) mass is 240 g/mol. The summed E-state index contributed by atoms with van der Waals surface area (Å²) in [5, 5.41) is 0. The van der Waals surface area contributed by atoms with Crippen LogP contribution in [0.25, 0.3) is 0 Å². The van der Waals surface area contributed by atoms with Crippen molar-refractivity contribution in [1.29, 1.82) is 0 Å². The summed E-state index contributed by atoms with van der Waals surface area (Å²) in [6.45, 7) is 6.00. The number of hydrogen-bond donors (Lipinski definition) is 1. The van der Waals surface area contributed by atoms with Gasteiger partial charge in [0.2, 0.25) is 5.91 Å². The Labute approximate surface area is 106 Å². The molecule has 0 atom stereocenters. The van der Waals surface area contributed by atoms with Crippen molar-refractivity contribution in [2.24, 2.45) is 11.7 Å². The average molecular weight is 240 g/mol. The van der Waals surface area contributed by atoms with Gasteiger partial charge in [-0.1, -0.05) is 26.7 Å². The van der Waals surface area contributed by atoms with Crippen molar-refractivity contribution >= 4 is 5.91 Å². The first kappa shape index (κ1) is 14.5. The molecule has 1 saturated carbocycles. The fourth-order valence-electron chi connectivity index (χ4n) is 2.63. The minimum Gasteiger partial charge on any atom is -0.339 e. The molecule has 1 fully saturated rings. The molecule has 0 aromatic carbocycles. The second-order valence-electron chi connectivity index (χ2n) is 5.62.